The van der Waals surface area contributed by atoms with E-state index in [9.17, 15) is 4.79 Å². The highest BCUT2D eigenvalue weighted by atomic mass is 35.5. The number of Topliss-reactive ketones (excluding diaryl/α,β-unsaturated/α-hetero) is 1. The fourth-order valence-electron chi connectivity index (χ4n) is 3.99. The molecule has 0 atom stereocenters. The molecule has 0 saturated heterocycles. The summed E-state index contributed by atoms with van der Waals surface area (Å²) in [5, 5.41) is 1.88. The minimum atomic E-state index is -0.00350. The van der Waals surface area contributed by atoms with Crippen LogP contribution in [0.2, 0.25) is 20.1 Å². The summed E-state index contributed by atoms with van der Waals surface area (Å²) in [6.45, 7) is 0. The van der Waals surface area contributed by atoms with Gasteiger partial charge in [-0.05, 0) is 92.1 Å². The molecule has 2 heterocycles. The van der Waals surface area contributed by atoms with Gasteiger partial charge in [0.05, 0.1) is 20.1 Å². The first-order chi connectivity index (χ1) is 16.9. The van der Waals surface area contributed by atoms with E-state index in [0.717, 1.165) is 17.5 Å². The predicted octanol–water partition coefficient (Wildman–Crippen LogP) is 10.0. The Kier molecular flexibility index (Phi) is 6.95. The van der Waals surface area contributed by atoms with Gasteiger partial charge in [0.15, 0.2) is 5.78 Å². The molecule has 1 aliphatic rings. The number of furan rings is 2. The number of rotatable bonds is 4. The topological polar surface area (TPSA) is 43.4 Å². The summed E-state index contributed by atoms with van der Waals surface area (Å²) < 4.78 is 11.9. The molecule has 0 bridgehead atoms. The van der Waals surface area contributed by atoms with E-state index in [0.29, 0.717) is 67.1 Å². The van der Waals surface area contributed by atoms with Crippen molar-refractivity contribution in [1.29, 1.82) is 0 Å². The molecule has 35 heavy (non-hydrogen) atoms. The molecule has 0 spiro atoms. The van der Waals surface area contributed by atoms with Crippen LogP contribution in [0.1, 0.15) is 30.8 Å². The molecule has 7 heteroatoms. The second kappa shape index (κ2) is 10.1. The lowest BCUT2D eigenvalue weighted by molar-refractivity contribution is -0.112. The Hall–Kier alpha value is -2.69. The van der Waals surface area contributed by atoms with E-state index in [4.69, 9.17) is 55.2 Å². The number of hydrogen-bond donors (Lipinski definition) is 0. The maximum atomic E-state index is 13.2. The molecular weight excluding hydrogens is 526 g/mol. The standard InChI is InChI=1S/C28H18Cl4O3/c29-22-8-4-16(14-24(22)31)26-10-6-20(34-26)12-18-2-1-3-19(28(18)33)13-21-7-11-27(35-21)17-5-9-23(30)25(32)15-17/h4-15H,1-3H2/b18-12+,19-13+. The van der Waals surface area contributed by atoms with Gasteiger partial charge in [0.2, 0.25) is 0 Å². The third-order valence-corrected chi connectivity index (χ3v) is 7.25. The number of halogens is 4. The number of hydrogen-bond acceptors (Lipinski definition) is 3. The Morgan fingerprint density at radius 2 is 1.06 bits per heavy atom. The number of allylic oxidation sites excluding steroid dienone is 2. The molecule has 2 aromatic carbocycles. The molecule has 3 nitrogen and oxygen atoms in total. The molecule has 2 aromatic heterocycles. The molecule has 0 radical (unpaired) electrons. The summed E-state index contributed by atoms with van der Waals surface area (Å²) in [6, 6.07) is 18.0. The summed E-state index contributed by atoms with van der Waals surface area (Å²) in [5.74, 6) is 2.52. The van der Waals surface area contributed by atoms with Crippen molar-refractivity contribution in [3.05, 3.63) is 103 Å². The van der Waals surface area contributed by atoms with Crippen LogP contribution in [0.3, 0.4) is 0 Å². The third kappa shape index (κ3) is 5.29. The average Bonchev–Trinajstić information content (AvgIpc) is 3.50. The molecular formula is C28H18Cl4O3. The second-order valence-corrected chi connectivity index (χ2v) is 9.81. The first-order valence-electron chi connectivity index (χ1n) is 10.9. The van der Waals surface area contributed by atoms with E-state index >= 15 is 0 Å². The Labute approximate surface area is 222 Å². The molecule has 0 N–H and O–H groups in total. The number of benzene rings is 2. The fraction of sp³-hybridized carbons (Fsp3) is 0.107. The van der Waals surface area contributed by atoms with Crippen LogP contribution in [-0.2, 0) is 4.79 Å². The zero-order valence-electron chi connectivity index (χ0n) is 18.3. The SMILES string of the molecule is O=C1/C(=C/c2ccc(-c3ccc(Cl)c(Cl)c3)o2)CCC/C1=C\c1ccc(-c2ccc(Cl)c(Cl)c2)o1. The highest BCUT2D eigenvalue weighted by Crippen LogP contribution is 2.34. The smallest absolute Gasteiger partial charge is 0.185 e. The van der Waals surface area contributed by atoms with Crippen molar-refractivity contribution < 1.29 is 13.6 Å². The lowest BCUT2D eigenvalue weighted by Crippen LogP contribution is -2.12. The Bertz CT molecular complexity index is 1380. The maximum absolute atomic E-state index is 13.2. The molecule has 1 aliphatic carbocycles. The van der Waals surface area contributed by atoms with Crippen LogP contribution < -0.4 is 0 Å². The van der Waals surface area contributed by atoms with Gasteiger partial charge in [-0.2, -0.15) is 0 Å². The quantitative estimate of drug-likeness (QED) is 0.240. The highest BCUT2D eigenvalue weighted by molar-refractivity contribution is 6.42. The summed E-state index contributed by atoms with van der Waals surface area (Å²) in [6.07, 6.45) is 5.85. The van der Waals surface area contributed by atoms with Gasteiger partial charge in [-0.25, -0.2) is 0 Å². The van der Waals surface area contributed by atoms with Crippen LogP contribution in [-0.4, -0.2) is 5.78 Å². The van der Waals surface area contributed by atoms with E-state index in [1.165, 1.54) is 0 Å². The van der Waals surface area contributed by atoms with Gasteiger partial charge < -0.3 is 8.83 Å². The summed E-state index contributed by atoms with van der Waals surface area (Å²) in [4.78, 5) is 13.2. The van der Waals surface area contributed by atoms with Crippen LogP contribution in [0.15, 0.2) is 80.6 Å². The molecule has 5 rings (SSSR count). The van der Waals surface area contributed by atoms with Crippen molar-refractivity contribution in [3.8, 4) is 22.6 Å². The summed E-state index contributed by atoms with van der Waals surface area (Å²) in [7, 11) is 0. The van der Waals surface area contributed by atoms with Crippen molar-refractivity contribution in [3.63, 3.8) is 0 Å². The highest BCUT2D eigenvalue weighted by Gasteiger charge is 2.22. The van der Waals surface area contributed by atoms with Crippen LogP contribution in [0.25, 0.3) is 34.8 Å². The van der Waals surface area contributed by atoms with Crippen molar-refractivity contribution in [2.24, 2.45) is 0 Å². The fourth-order valence-corrected chi connectivity index (χ4v) is 4.59. The summed E-state index contributed by atoms with van der Waals surface area (Å²) in [5.41, 5.74) is 3.04. The van der Waals surface area contributed by atoms with E-state index in [2.05, 4.69) is 0 Å². The predicted molar refractivity (Wildman–Crippen MR) is 143 cm³/mol. The van der Waals surface area contributed by atoms with Crippen molar-refractivity contribution in [2.75, 3.05) is 0 Å². The molecule has 176 valence electrons. The number of ketones is 1. The van der Waals surface area contributed by atoms with E-state index in [1.807, 2.05) is 36.4 Å². The van der Waals surface area contributed by atoms with Crippen LogP contribution >= 0.6 is 46.4 Å². The van der Waals surface area contributed by atoms with Gasteiger partial charge in [0.25, 0.3) is 0 Å². The normalized spacial score (nSPS) is 16.4. The van der Waals surface area contributed by atoms with Crippen LogP contribution in [0, 0.1) is 0 Å². The Balaban J connectivity index is 1.36. The van der Waals surface area contributed by atoms with Gasteiger partial charge in [-0.1, -0.05) is 46.4 Å². The molecule has 4 aromatic rings. The van der Waals surface area contributed by atoms with Crippen LogP contribution in [0.5, 0.6) is 0 Å². The van der Waals surface area contributed by atoms with Crippen molar-refractivity contribution in [2.45, 2.75) is 19.3 Å². The molecule has 0 aliphatic heterocycles. The maximum Gasteiger partial charge on any atom is 0.185 e. The largest absolute Gasteiger partial charge is 0.457 e. The monoisotopic (exact) mass is 542 g/mol. The van der Waals surface area contributed by atoms with Gasteiger partial charge in [0.1, 0.15) is 23.0 Å². The van der Waals surface area contributed by atoms with Gasteiger partial charge in [0, 0.05) is 22.3 Å². The number of carbonyl (C=O) groups is 1. The van der Waals surface area contributed by atoms with Crippen molar-refractivity contribution >= 4 is 64.3 Å². The molecule has 1 fully saturated rings. The lowest BCUT2D eigenvalue weighted by atomic mass is 9.88. The first kappa shape index (κ1) is 24.0. The van der Waals surface area contributed by atoms with E-state index in [1.54, 1.807) is 36.4 Å². The Morgan fingerprint density at radius 1 is 0.600 bits per heavy atom. The van der Waals surface area contributed by atoms with E-state index < -0.39 is 0 Å². The molecule has 0 amide bonds. The summed E-state index contributed by atoms with van der Waals surface area (Å²) >= 11 is 24.2. The minimum Gasteiger partial charge on any atom is -0.457 e. The van der Waals surface area contributed by atoms with Crippen LogP contribution in [0.4, 0.5) is 0 Å². The average molecular weight is 544 g/mol. The molecule has 0 unspecified atom stereocenters. The number of carbonyl (C=O) groups excluding carboxylic acids is 1. The second-order valence-electron chi connectivity index (χ2n) is 8.18. The third-order valence-electron chi connectivity index (χ3n) is 5.77. The van der Waals surface area contributed by atoms with E-state index in [-0.39, 0.29) is 5.78 Å². The van der Waals surface area contributed by atoms with Gasteiger partial charge >= 0.3 is 0 Å². The zero-order valence-corrected chi connectivity index (χ0v) is 21.3. The van der Waals surface area contributed by atoms with Gasteiger partial charge in [-0.15, -0.1) is 0 Å². The lowest BCUT2D eigenvalue weighted by Gasteiger charge is -2.15. The molecule has 1 saturated carbocycles. The Morgan fingerprint density at radius 3 is 1.49 bits per heavy atom. The first-order valence-corrected chi connectivity index (χ1v) is 12.4. The van der Waals surface area contributed by atoms with Crippen molar-refractivity contribution in [1.82, 2.24) is 0 Å². The van der Waals surface area contributed by atoms with Gasteiger partial charge in [-0.3, -0.25) is 4.79 Å². The minimum absolute atomic E-state index is 0.00350. The zero-order chi connectivity index (χ0) is 24.5.